The zero-order chi connectivity index (χ0) is 19.5. The highest BCUT2D eigenvalue weighted by Crippen LogP contribution is 2.24. The van der Waals surface area contributed by atoms with Gasteiger partial charge < -0.3 is 19.1 Å². The first-order valence-corrected chi connectivity index (χ1v) is 10.0. The van der Waals surface area contributed by atoms with Crippen LogP contribution in [0.1, 0.15) is 41.8 Å². The fraction of sp³-hybridized carbons (Fsp3) is 0.455. The molecule has 0 N–H and O–H groups in total. The topological polar surface area (TPSA) is 57.0 Å². The smallest absolute Gasteiger partial charge is 0.254 e. The third kappa shape index (κ3) is 3.97. The molecule has 4 rings (SSSR count). The van der Waals surface area contributed by atoms with Crippen LogP contribution in [0.3, 0.4) is 0 Å². The number of rotatable bonds is 5. The summed E-state index contributed by atoms with van der Waals surface area (Å²) in [4.78, 5) is 31.3. The molecular formula is C22H27N3O3. The number of hydrogen-bond acceptors (Lipinski definition) is 4. The van der Waals surface area contributed by atoms with E-state index >= 15 is 0 Å². The van der Waals surface area contributed by atoms with Crippen molar-refractivity contribution in [2.24, 2.45) is 0 Å². The SMILES string of the molecule is CN1CCC(N(Cc2ccco2)C(=O)c2ccc(N3CCCC3=O)cc2)CC1. The van der Waals surface area contributed by atoms with Crippen molar-refractivity contribution in [1.82, 2.24) is 9.80 Å². The highest BCUT2D eigenvalue weighted by Gasteiger charge is 2.29. The number of hydrogen-bond donors (Lipinski definition) is 0. The lowest BCUT2D eigenvalue weighted by atomic mass is 10.0. The second kappa shape index (κ2) is 8.19. The Labute approximate surface area is 165 Å². The second-order valence-electron chi connectivity index (χ2n) is 7.74. The normalized spacial score (nSPS) is 18.6. The molecule has 2 aromatic rings. The van der Waals surface area contributed by atoms with Gasteiger partial charge in [0.1, 0.15) is 5.76 Å². The molecule has 6 nitrogen and oxygen atoms in total. The molecule has 2 aliphatic rings. The zero-order valence-corrected chi connectivity index (χ0v) is 16.3. The van der Waals surface area contributed by atoms with Crippen molar-refractivity contribution in [3.8, 4) is 0 Å². The van der Waals surface area contributed by atoms with Gasteiger partial charge in [-0.15, -0.1) is 0 Å². The minimum atomic E-state index is 0.0188. The number of furan rings is 1. The van der Waals surface area contributed by atoms with Gasteiger partial charge in [0.05, 0.1) is 12.8 Å². The third-order valence-electron chi connectivity index (χ3n) is 5.80. The summed E-state index contributed by atoms with van der Waals surface area (Å²) in [6.07, 6.45) is 5.07. The minimum absolute atomic E-state index is 0.0188. The highest BCUT2D eigenvalue weighted by atomic mass is 16.3. The standard InChI is InChI=1S/C22H27N3O3/c1-23-13-10-19(11-14-23)25(16-20-4-3-15-28-20)22(27)17-6-8-18(9-7-17)24-12-2-5-21(24)26/h3-4,6-9,15,19H,2,5,10-14,16H2,1H3. The summed E-state index contributed by atoms with van der Waals surface area (Å²) in [5.74, 6) is 0.974. The van der Waals surface area contributed by atoms with E-state index in [0.29, 0.717) is 18.5 Å². The van der Waals surface area contributed by atoms with Crippen LogP contribution in [0, 0.1) is 0 Å². The summed E-state index contributed by atoms with van der Waals surface area (Å²) in [6, 6.07) is 11.4. The van der Waals surface area contributed by atoms with Crippen LogP contribution >= 0.6 is 0 Å². The number of benzene rings is 1. The highest BCUT2D eigenvalue weighted by molar-refractivity contribution is 5.97. The van der Waals surface area contributed by atoms with Crippen LogP contribution in [0.5, 0.6) is 0 Å². The maximum atomic E-state index is 13.3. The van der Waals surface area contributed by atoms with Gasteiger partial charge in [0.15, 0.2) is 0 Å². The van der Waals surface area contributed by atoms with Crippen LogP contribution in [-0.4, -0.2) is 54.3 Å². The Hall–Kier alpha value is -2.60. The molecule has 2 aliphatic heterocycles. The van der Waals surface area contributed by atoms with Crippen LogP contribution in [0.15, 0.2) is 47.1 Å². The molecule has 3 heterocycles. The first kappa shape index (κ1) is 18.7. The summed E-state index contributed by atoms with van der Waals surface area (Å²) >= 11 is 0. The first-order chi connectivity index (χ1) is 13.6. The van der Waals surface area contributed by atoms with E-state index in [2.05, 4.69) is 11.9 Å². The monoisotopic (exact) mass is 381 g/mol. The van der Waals surface area contributed by atoms with Crippen LogP contribution in [0.4, 0.5) is 5.69 Å². The molecular weight excluding hydrogens is 354 g/mol. The Morgan fingerprint density at radius 1 is 1.14 bits per heavy atom. The van der Waals surface area contributed by atoms with Crippen LogP contribution in [-0.2, 0) is 11.3 Å². The number of carbonyl (C=O) groups is 2. The van der Waals surface area contributed by atoms with Gasteiger partial charge in [0.2, 0.25) is 5.91 Å². The molecule has 2 saturated heterocycles. The Kier molecular flexibility index (Phi) is 5.48. The van der Waals surface area contributed by atoms with Gasteiger partial charge in [-0.1, -0.05) is 0 Å². The van der Waals surface area contributed by atoms with E-state index in [0.717, 1.165) is 50.3 Å². The molecule has 0 atom stereocenters. The van der Waals surface area contributed by atoms with Gasteiger partial charge in [-0.25, -0.2) is 0 Å². The molecule has 28 heavy (non-hydrogen) atoms. The molecule has 2 fully saturated rings. The van der Waals surface area contributed by atoms with Crippen molar-refractivity contribution in [1.29, 1.82) is 0 Å². The Balaban J connectivity index is 1.53. The van der Waals surface area contributed by atoms with E-state index in [9.17, 15) is 9.59 Å². The molecule has 0 radical (unpaired) electrons. The maximum absolute atomic E-state index is 13.3. The van der Waals surface area contributed by atoms with Crippen molar-refractivity contribution < 1.29 is 14.0 Å². The lowest BCUT2D eigenvalue weighted by molar-refractivity contribution is -0.117. The largest absolute Gasteiger partial charge is 0.467 e. The number of nitrogens with zero attached hydrogens (tertiary/aromatic N) is 3. The van der Waals surface area contributed by atoms with Gasteiger partial charge in [-0.3, -0.25) is 9.59 Å². The van der Waals surface area contributed by atoms with Crippen molar-refractivity contribution in [2.75, 3.05) is 31.6 Å². The number of likely N-dealkylation sites (tertiary alicyclic amines) is 1. The van der Waals surface area contributed by atoms with Crippen LogP contribution in [0.25, 0.3) is 0 Å². The van der Waals surface area contributed by atoms with Crippen molar-refractivity contribution >= 4 is 17.5 Å². The Morgan fingerprint density at radius 2 is 1.89 bits per heavy atom. The lowest BCUT2D eigenvalue weighted by Crippen LogP contribution is -2.46. The summed E-state index contributed by atoms with van der Waals surface area (Å²) in [6.45, 7) is 3.21. The predicted octanol–water partition coefficient (Wildman–Crippen LogP) is 3.14. The first-order valence-electron chi connectivity index (χ1n) is 10.0. The molecule has 2 amide bonds. The maximum Gasteiger partial charge on any atom is 0.254 e. The van der Waals surface area contributed by atoms with E-state index in [4.69, 9.17) is 4.42 Å². The molecule has 0 bridgehead atoms. The number of carbonyl (C=O) groups excluding carboxylic acids is 2. The van der Waals surface area contributed by atoms with E-state index in [1.807, 2.05) is 41.3 Å². The van der Waals surface area contributed by atoms with Crippen LogP contribution < -0.4 is 4.90 Å². The molecule has 0 saturated carbocycles. The fourth-order valence-corrected chi connectivity index (χ4v) is 4.11. The van der Waals surface area contributed by atoms with Gasteiger partial charge in [0, 0.05) is 30.3 Å². The second-order valence-corrected chi connectivity index (χ2v) is 7.74. The predicted molar refractivity (Wildman–Crippen MR) is 107 cm³/mol. The summed E-state index contributed by atoms with van der Waals surface area (Å²) in [7, 11) is 2.12. The third-order valence-corrected chi connectivity index (χ3v) is 5.80. The minimum Gasteiger partial charge on any atom is -0.467 e. The number of piperidine rings is 1. The van der Waals surface area contributed by atoms with Gasteiger partial charge >= 0.3 is 0 Å². The number of anilines is 1. The molecule has 148 valence electrons. The summed E-state index contributed by atoms with van der Waals surface area (Å²) < 4.78 is 5.51. The quantitative estimate of drug-likeness (QED) is 0.798. The molecule has 1 aromatic carbocycles. The summed E-state index contributed by atoms with van der Waals surface area (Å²) in [5, 5.41) is 0. The van der Waals surface area contributed by atoms with Gasteiger partial charge in [-0.2, -0.15) is 0 Å². The summed E-state index contributed by atoms with van der Waals surface area (Å²) in [5.41, 5.74) is 1.52. The van der Waals surface area contributed by atoms with Gasteiger partial charge in [0.25, 0.3) is 5.91 Å². The molecule has 0 unspecified atom stereocenters. The Bertz CT molecular complexity index is 808. The van der Waals surface area contributed by atoms with Crippen LogP contribution in [0.2, 0.25) is 0 Å². The van der Waals surface area contributed by atoms with Crippen molar-refractivity contribution in [2.45, 2.75) is 38.3 Å². The lowest BCUT2D eigenvalue weighted by Gasteiger charge is -2.37. The molecule has 6 heteroatoms. The average Bonchev–Trinajstić information content (AvgIpc) is 3.38. The zero-order valence-electron chi connectivity index (χ0n) is 16.3. The number of amides is 2. The van der Waals surface area contributed by atoms with Crippen molar-refractivity contribution in [3.05, 3.63) is 54.0 Å². The fourth-order valence-electron chi connectivity index (χ4n) is 4.11. The van der Waals surface area contributed by atoms with E-state index in [1.54, 1.807) is 11.2 Å². The van der Waals surface area contributed by atoms with E-state index < -0.39 is 0 Å². The molecule has 0 aliphatic carbocycles. The Morgan fingerprint density at radius 3 is 2.50 bits per heavy atom. The molecule has 0 spiro atoms. The van der Waals surface area contributed by atoms with E-state index in [1.165, 1.54) is 0 Å². The van der Waals surface area contributed by atoms with E-state index in [-0.39, 0.29) is 17.9 Å². The molecule has 1 aromatic heterocycles. The average molecular weight is 381 g/mol. The van der Waals surface area contributed by atoms with Crippen molar-refractivity contribution in [3.63, 3.8) is 0 Å². The van der Waals surface area contributed by atoms with Gasteiger partial charge in [-0.05, 0) is 75.8 Å².